The quantitative estimate of drug-likeness (QED) is 0.724. The molecule has 3 heteroatoms. The lowest BCUT2D eigenvalue weighted by atomic mass is 10.1. The fraction of sp³-hybridized carbons (Fsp3) is 0.462. The molecule has 0 aromatic heterocycles. The maximum absolute atomic E-state index is 11.7. The molecule has 0 radical (unpaired) electrons. The summed E-state index contributed by atoms with van der Waals surface area (Å²) in [5, 5.41) is 0. The van der Waals surface area contributed by atoms with Crippen LogP contribution in [0.15, 0.2) is 24.3 Å². The van der Waals surface area contributed by atoms with Gasteiger partial charge in [0.25, 0.3) is 0 Å². The third-order valence-electron chi connectivity index (χ3n) is 2.62. The first-order chi connectivity index (χ1) is 7.65. The van der Waals surface area contributed by atoms with E-state index in [4.69, 9.17) is 11.6 Å². The molecule has 0 aliphatic rings. The first-order valence-corrected chi connectivity index (χ1v) is 6.03. The van der Waals surface area contributed by atoms with Crippen molar-refractivity contribution in [1.29, 1.82) is 0 Å². The molecule has 0 saturated heterocycles. The minimum Gasteiger partial charge on any atom is -0.341 e. The molecule has 0 N–H and O–H groups in total. The Morgan fingerprint density at radius 1 is 1.38 bits per heavy atom. The number of halogens is 1. The van der Waals surface area contributed by atoms with Crippen molar-refractivity contribution in [3.63, 3.8) is 0 Å². The van der Waals surface area contributed by atoms with Crippen LogP contribution in [0, 0.1) is 6.92 Å². The highest BCUT2D eigenvalue weighted by atomic mass is 35.5. The summed E-state index contributed by atoms with van der Waals surface area (Å²) in [5.74, 6) is 0.702. The zero-order valence-corrected chi connectivity index (χ0v) is 10.6. The summed E-state index contributed by atoms with van der Waals surface area (Å²) < 4.78 is 0. The van der Waals surface area contributed by atoms with E-state index in [0.29, 0.717) is 18.8 Å². The Kier molecular flexibility index (Phi) is 5.33. The van der Waals surface area contributed by atoms with Gasteiger partial charge in [-0.15, -0.1) is 11.6 Å². The normalized spacial score (nSPS) is 10.2. The van der Waals surface area contributed by atoms with E-state index in [1.807, 2.05) is 19.2 Å². The first-order valence-electron chi connectivity index (χ1n) is 5.49. The Morgan fingerprint density at radius 2 is 2.06 bits per heavy atom. The van der Waals surface area contributed by atoms with Gasteiger partial charge in [0.2, 0.25) is 5.91 Å². The van der Waals surface area contributed by atoms with Gasteiger partial charge in [0.15, 0.2) is 0 Å². The van der Waals surface area contributed by atoms with Crippen LogP contribution in [0.25, 0.3) is 0 Å². The summed E-state index contributed by atoms with van der Waals surface area (Å²) >= 11 is 5.56. The van der Waals surface area contributed by atoms with E-state index in [2.05, 4.69) is 19.1 Å². The van der Waals surface area contributed by atoms with Crippen LogP contribution in [0.3, 0.4) is 0 Å². The topological polar surface area (TPSA) is 20.3 Å². The lowest BCUT2D eigenvalue weighted by Gasteiger charge is -2.18. The third kappa shape index (κ3) is 3.86. The maximum Gasteiger partial charge on any atom is 0.222 e. The molecule has 1 aromatic rings. The highest BCUT2D eigenvalue weighted by molar-refractivity contribution is 6.17. The van der Waals surface area contributed by atoms with Gasteiger partial charge in [-0.1, -0.05) is 24.3 Å². The molecule has 0 aliphatic carbocycles. The first kappa shape index (κ1) is 13.0. The van der Waals surface area contributed by atoms with Gasteiger partial charge >= 0.3 is 0 Å². The van der Waals surface area contributed by atoms with Gasteiger partial charge in [-0.25, -0.2) is 0 Å². The second-order valence-electron chi connectivity index (χ2n) is 3.97. The molecule has 0 aliphatic heterocycles. The molecular formula is C13H18ClNO. The van der Waals surface area contributed by atoms with Gasteiger partial charge in [0.1, 0.15) is 0 Å². The predicted octanol–water partition coefficient (Wildman–Crippen LogP) is 2.97. The van der Waals surface area contributed by atoms with Crippen molar-refractivity contribution in [2.24, 2.45) is 0 Å². The molecule has 16 heavy (non-hydrogen) atoms. The number of hydrogen-bond acceptors (Lipinski definition) is 1. The Hall–Kier alpha value is -1.02. The number of nitrogens with zero attached hydrogens (tertiary/aromatic N) is 1. The molecule has 0 unspecified atom stereocenters. The van der Waals surface area contributed by atoms with Crippen LogP contribution in [-0.4, -0.2) is 23.7 Å². The third-order valence-corrected chi connectivity index (χ3v) is 2.89. The summed E-state index contributed by atoms with van der Waals surface area (Å²) in [6, 6.07) is 8.13. The van der Waals surface area contributed by atoms with Gasteiger partial charge in [0.05, 0.1) is 0 Å². The summed E-state index contributed by atoms with van der Waals surface area (Å²) in [4.78, 5) is 13.4. The predicted molar refractivity (Wildman–Crippen MR) is 67.6 cm³/mol. The Balaban J connectivity index is 2.54. The van der Waals surface area contributed by atoms with Gasteiger partial charge in [0, 0.05) is 25.9 Å². The monoisotopic (exact) mass is 239 g/mol. The van der Waals surface area contributed by atoms with Crippen LogP contribution in [0.4, 0.5) is 0 Å². The minimum atomic E-state index is 0.156. The zero-order valence-electron chi connectivity index (χ0n) is 9.87. The fourth-order valence-corrected chi connectivity index (χ4v) is 1.67. The smallest absolute Gasteiger partial charge is 0.222 e. The van der Waals surface area contributed by atoms with Crippen LogP contribution in [0.5, 0.6) is 0 Å². The van der Waals surface area contributed by atoms with E-state index >= 15 is 0 Å². The number of amides is 1. The number of rotatable bonds is 5. The van der Waals surface area contributed by atoms with Gasteiger partial charge < -0.3 is 4.90 Å². The molecule has 0 fully saturated rings. The van der Waals surface area contributed by atoms with Crippen LogP contribution in [0.2, 0.25) is 0 Å². The number of alkyl halides is 1. The SMILES string of the molecule is Cc1ccccc1CN(C)C(=O)CCCCl. The van der Waals surface area contributed by atoms with Crippen molar-refractivity contribution in [2.45, 2.75) is 26.3 Å². The average Bonchev–Trinajstić information content (AvgIpc) is 2.28. The molecule has 0 spiro atoms. The van der Waals surface area contributed by atoms with Crippen molar-refractivity contribution < 1.29 is 4.79 Å². The van der Waals surface area contributed by atoms with Gasteiger partial charge in [-0.3, -0.25) is 4.79 Å². The Labute approximate surface area is 102 Å². The zero-order chi connectivity index (χ0) is 12.0. The summed E-state index contributed by atoms with van der Waals surface area (Å²) in [7, 11) is 1.84. The number of aryl methyl sites for hydroxylation is 1. The molecule has 1 aromatic carbocycles. The Morgan fingerprint density at radius 3 is 2.69 bits per heavy atom. The van der Waals surface area contributed by atoms with Crippen LogP contribution in [0.1, 0.15) is 24.0 Å². The van der Waals surface area contributed by atoms with Crippen LogP contribution < -0.4 is 0 Å². The van der Waals surface area contributed by atoms with Crippen molar-refractivity contribution in [3.8, 4) is 0 Å². The Bertz CT molecular complexity index is 352. The molecule has 0 saturated carbocycles. The van der Waals surface area contributed by atoms with Crippen molar-refractivity contribution >= 4 is 17.5 Å². The van der Waals surface area contributed by atoms with E-state index in [0.717, 1.165) is 6.42 Å². The van der Waals surface area contributed by atoms with Crippen molar-refractivity contribution in [1.82, 2.24) is 4.90 Å². The average molecular weight is 240 g/mol. The largest absolute Gasteiger partial charge is 0.341 e. The standard InChI is InChI=1S/C13H18ClNO/c1-11-6-3-4-7-12(11)10-15(2)13(16)8-5-9-14/h3-4,6-7H,5,8-10H2,1-2H3. The molecule has 2 nitrogen and oxygen atoms in total. The lowest BCUT2D eigenvalue weighted by Crippen LogP contribution is -2.26. The maximum atomic E-state index is 11.7. The lowest BCUT2D eigenvalue weighted by molar-refractivity contribution is -0.130. The molecule has 88 valence electrons. The van der Waals surface area contributed by atoms with E-state index in [1.165, 1.54) is 11.1 Å². The highest BCUT2D eigenvalue weighted by Gasteiger charge is 2.09. The van der Waals surface area contributed by atoms with Crippen LogP contribution in [-0.2, 0) is 11.3 Å². The molecule has 0 atom stereocenters. The fourth-order valence-electron chi connectivity index (χ4n) is 1.54. The van der Waals surface area contributed by atoms with E-state index in [9.17, 15) is 4.79 Å². The van der Waals surface area contributed by atoms with Crippen LogP contribution >= 0.6 is 11.6 Å². The second-order valence-corrected chi connectivity index (χ2v) is 4.35. The minimum absolute atomic E-state index is 0.156. The molecule has 1 amide bonds. The summed E-state index contributed by atoms with van der Waals surface area (Å²) in [6.45, 7) is 2.74. The number of carbonyl (C=O) groups is 1. The van der Waals surface area contributed by atoms with E-state index in [-0.39, 0.29) is 5.91 Å². The molecular weight excluding hydrogens is 222 g/mol. The van der Waals surface area contributed by atoms with Crippen molar-refractivity contribution in [3.05, 3.63) is 35.4 Å². The number of carbonyl (C=O) groups excluding carboxylic acids is 1. The van der Waals surface area contributed by atoms with Crippen molar-refractivity contribution in [2.75, 3.05) is 12.9 Å². The molecule has 0 heterocycles. The molecule has 1 rings (SSSR count). The summed E-state index contributed by atoms with van der Waals surface area (Å²) in [5.41, 5.74) is 2.42. The number of benzene rings is 1. The summed E-state index contributed by atoms with van der Waals surface area (Å²) in [6.07, 6.45) is 1.28. The van der Waals surface area contributed by atoms with Gasteiger partial charge in [-0.05, 0) is 24.5 Å². The van der Waals surface area contributed by atoms with E-state index < -0.39 is 0 Å². The van der Waals surface area contributed by atoms with E-state index in [1.54, 1.807) is 4.90 Å². The second kappa shape index (κ2) is 6.54. The highest BCUT2D eigenvalue weighted by Crippen LogP contribution is 2.10. The molecule has 0 bridgehead atoms. The van der Waals surface area contributed by atoms with Gasteiger partial charge in [-0.2, -0.15) is 0 Å². The number of hydrogen-bond donors (Lipinski definition) is 0.